The molecular weight excluding hydrogens is 329 g/mol. The summed E-state index contributed by atoms with van der Waals surface area (Å²) in [6.07, 6.45) is 5.80. The monoisotopic (exact) mass is 351 g/mol. The minimum Gasteiger partial charge on any atom is -0.368 e. The Morgan fingerprint density at radius 1 is 1.15 bits per heavy atom. The SMILES string of the molecule is FCc1ccc(-c2cc3nccnc3c(NCC3CCCNC3)n2)cc1. The van der Waals surface area contributed by atoms with Crippen LogP contribution in [0.2, 0.25) is 0 Å². The summed E-state index contributed by atoms with van der Waals surface area (Å²) >= 11 is 0. The van der Waals surface area contributed by atoms with Gasteiger partial charge in [0.1, 0.15) is 12.2 Å². The summed E-state index contributed by atoms with van der Waals surface area (Å²) in [6, 6.07) is 9.31. The molecule has 3 heterocycles. The first-order valence-corrected chi connectivity index (χ1v) is 9.05. The highest BCUT2D eigenvalue weighted by molar-refractivity contribution is 5.88. The Bertz CT molecular complexity index is 875. The van der Waals surface area contributed by atoms with Gasteiger partial charge < -0.3 is 10.6 Å². The first-order valence-electron chi connectivity index (χ1n) is 9.05. The lowest BCUT2D eigenvalue weighted by atomic mass is 10.00. The highest BCUT2D eigenvalue weighted by atomic mass is 19.1. The van der Waals surface area contributed by atoms with Crippen molar-refractivity contribution in [2.24, 2.45) is 5.92 Å². The van der Waals surface area contributed by atoms with Gasteiger partial charge in [-0.1, -0.05) is 24.3 Å². The average Bonchev–Trinajstić information content (AvgIpc) is 2.72. The largest absolute Gasteiger partial charge is 0.368 e. The van der Waals surface area contributed by atoms with Crippen molar-refractivity contribution in [3.05, 3.63) is 48.3 Å². The van der Waals surface area contributed by atoms with Crippen molar-refractivity contribution < 1.29 is 4.39 Å². The molecule has 1 atom stereocenters. The number of fused-ring (bicyclic) bond motifs is 1. The van der Waals surface area contributed by atoms with Gasteiger partial charge in [0, 0.05) is 24.5 Å². The van der Waals surface area contributed by atoms with E-state index >= 15 is 0 Å². The van der Waals surface area contributed by atoms with Crippen LogP contribution in [-0.2, 0) is 6.67 Å². The van der Waals surface area contributed by atoms with E-state index in [0.717, 1.165) is 47.7 Å². The van der Waals surface area contributed by atoms with E-state index in [0.29, 0.717) is 11.5 Å². The molecular formula is C20H22FN5. The summed E-state index contributed by atoms with van der Waals surface area (Å²) in [7, 11) is 0. The van der Waals surface area contributed by atoms with Gasteiger partial charge in [-0.05, 0) is 43.5 Å². The molecule has 134 valence electrons. The number of alkyl halides is 1. The fraction of sp³-hybridized carbons (Fsp3) is 0.350. The van der Waals surface area contributed by atoms with Crippen LogP contribution in [0.3, 0.4) is 0 Å². The number of halogens is 1. The average molecular weight is 351 g/mol. The van der Waals surface area contributed by atoms with Crippen molar-refractivity contribution in [1.29, 1.82) is 0 Å². The van der Waals surface area contributed by atoms with Gasteiger partial charge in [-0.15, -0.1) is 0 Å². The van der Waals surface area contributed by atoms with E-state index in [-0.39, 0.29) is 0 Å². The number of benzene rings is 1. The fourth-order valence-electron chi connectivity index (χ4n) is 3.35. The molecule has 1 aliphatic heterocycles. The molecule has 4 rings (SSSR count). The van der Waals surface area contributed by atoms with Crippen LogP contribution >= 0.6 is 0 Å². The van der Waals surface area contributed by atoms with Crippen molar-refractivity contribution in [3.8, 4) is 11.3 Å². The van der Waals surface area contributed by atoms with Crippen LogP contribution in [-0.4, -0.2) is 34.6 Å². The first-order chi connectivity index (χ1) is 12.8. The Kier molecular flexibility index (Phi) is 5.02. The standard InChI is InChI=1S/C20H22FN5/c21-11-14-3-5-16(6-4-14)17-10-18-19(24-9-8-23-18)20(26-17)25-13-15-2-1-7-22-12-15/h3-6,8-10,15,22H,1-2,7,11-13H2,(H,25,26). The molecule has 6 heteroatoms. The summed E-state index contributed by atoms with van der Waals surface area (Å²) in [6.45, 7) is 2.53. The maximum absolute atomic E-state index is 12.8. The highest BCUT2D eigenvalue weighted by Crippen LogP contribution is 2.26. The van der Waals surface area contributed by atoms with E-state index < -0.39 is 6.67 Å². The van der Waals surface area contributed by atoms with Crippen LogP contribution < -0.4 is 10.6 Å². The molecule has 0 radical (unpaired) electrons. The van der Waals surface area contributed by atoms with Crippen molar-refractivity contribution in [2.45, 2.75) is 19.5 Å². The van der Waals surface area contributed by atoms with Crippen LogP contribution in [0.5, 0.6) is 0 Å². The lowest BCUT2D eigenvalue weighted by Crippen LogP contribution is -2.33. The molecule has 0 saturated carbocycles. The number of pyridine rings is 1. The molecule has 5 nitrogen and oxygen atoms in total. The van der Waals surface area contributed by atoms with Crippen molar-refractivity contribution in [2.75, 3.05) is 25.0 Å². The predicted octanol–water partition coefficient (Wildman–Crippen LogP) is 3.57. The van der Waals surface area contributed by atoms with E-state index in [9.17, 15) is 4.39 Å². The van der Waals surface area contributed by atoms with Gasteiger partial charge in [0.2, 0.25) is 0 Å². The molecule has 2 N–H and O–H groups in total. The minimum absolute atomic E-state index is 0.459. The number of aromatic nitrogens is 3. The summed E-state index contributed by atoms with van der Waals surface area (Å²) in [4.78, 5) is 13.7. The molecule has 3 aromatic rings. The van der Waals surface area contributed by atoms with E-state index in [2.05, 4.69) is 20.6 Å². The smallest absolute Gasteiger partial charge is 0.154 e. The Labute approximate surface area is 152 Å². The third-order valence-corrected chi connectivity index (χ3v) is 4.82. The van der Waals surface area contributed by atoms with Crippen LogP contribution in [0.4, 0.5) is 10.2 Å². The number of nitrogens with one attached hydrogen (secondary N) is 2. The third-order valence-electron chi connectivity index (χ3n) is 4.82. The van der Waals surface area contributed by atoms with Gasteiger partial charge in [0.15, 0.2) is 5.82 Å². The second kappa shape index (κ2) is 7.74. The molecule has 0 amide bonds. The zero-order valence-corrected chi connectivity index (χ0v) is 14.6. The number of anilines is 1. The predicted molar refractivity (Wildman–Crippen MR) is 102 cm³/mol. The maximum atomic E-state index is 12.8. The quantitative estimate of drug-likeness (QED) is 0.736. The van der Waals surface area contributed by atoms with E-state index in [1.54, 1.807) is 24.5 Å². The zero-order valence-electron chi connectivity index (χ0n) is 14.6. The number of hydrogen-bond acceptors (Lipinski definition) is 5. The first kappa shape index (κ1) is 16.8. The van der Waals surface area contributed by atoms with Gasteiger partial charge in [0.05, 0.1) is 11.2 Å². The Morgan fingerprint density at radius 3 is 2.77 bits per heavy atom. The van der Waals surface area contributed by atoms with E-state index in [1.165, 1.54) is 12.8 Å². The van der Waals surface area contributed by atoms with Gasteiger partial charge in [0.25, 0.3) is 0 Å². The van der Waals surface area contributed by atoms with E-state index in [4.69, 9.17) is 4.98 Å². The van der Waals surface area contributed by atoms with Crippen LogP contribution in [0.15, 0.2) is 42.7 Å². The van der Waals surface area contributed by atoms with Gasteiger partial charge in [-0.2, -0.15) is 0 Å². The topological polar surface area (TPSA) is 62.7 Å². The molecule has 2 aromatic heterocycles. The number of hydrogen-bond donors (Lipinski definition) is 2. The van der Waals surface area contributed by atoms with Gasteiger partial charge in [-0.3, -0.25) is 4.98 Å². The Morgan fingerprint density at radius 2 is 2.00 bits per heavy atom. The van der Waals surface area contributed by atoms with Crippen molar-refractivity contribution >= 4 is 16.9 Å². The van der Waals surface area contributed by atoms with Crippen LogP contribution in [0.25, 0.3) is 22.3 Å². The fourth-order valence-corrected chi connectivity index (χ4v) is 3.35. The van der Waals surface area contributed by atoms with Crippen LogP contribution in [0, 0.1) is 5.92 Å². The molecule has 0 spiro atoms. The van der Waals surface area contributed by atoms with Crippen molar-refractivity contribution in [1.82, 2.24) is 20.3 Å². The molecule has 1 unspecified atom stereocenters. The molecule has 1 saturated heterocycles. The molecule has 0 bridgehead atoms. The molecule has 26 heavy (non-hydrogen) atoms. The Balaban J connectivity index is 1.65. The third kappa shape index (κ3) is 3.65. The second-order valence-corrected chi connectivity index (χ2v) is 6.70. The molecule has 0 aliphatic carbocycles. The maximum Gasteiger partial charge on any atom is 0.154 e. The van der Waals surface area contributed by atoms with Gasteiger partial charge in [-0.25, -0.2) is 14.4 Å². The molecule has 1 aliphatic rings. The van der Waals surface area contributed by atoms with E-state index in [1.807, 2.05) is 18.2 Å². The number of rotatable bonds is 5. The number of piperidine rings is 1. The highest BCUT2D eigenvalue weighted by Gasteiger charge is 2.15. The number of nitrogens with zero attached hydrogens (tertiary/aromatic N) is 3. The summed E-state index contributed by atoms with van der Waals surface area (Å²) in [5.74, 6) is 1.34. The zero-order chi connectivity index (χ0) is 17.8. The lowest BCUT2D eigenvalue weighted by molar-refractivity contribution is 0.392. The minimum atomic E-state index is -0.459. The van der Waals surface area contributed by atoms with Gasteiger partial charge >= 0.3 is 0 Å². The summed E-state index contributed by atoms with van der Waals surface area (Å²) in [5.41, 5.74) is 4.00. The summed E-state index contributed by atoms with van der Waals surface area (Å²) in [5, 5.41) is 6.91. The summed E-state index contributed by atoms with van der Waals surface area (Å²) < 4.78 is 12.8. The normalized spacial score (nSPS) is 17.3. The van der Waals surface area contributed by atoms with Crippen molar-refractivity contribution in [3.63, 3.8) is 0 Å². The molecule has 1 aromatic carbocycles. The Hall–Kier alpha value is -2.60. The lowest BCUT2D eigenvalue weighted by Gasteiger charge is -2.23. The second-order valence-electron chi connectivity index (χ2n) is 6.70. The van der Waals surface area contributed by atoms with Crippen LogP contribution in [0.1, 0.15) is 18.4 Å². The molecule has 1 fully saturated rings.